The second-order valence-corrected chi connectivity index (χ2v) is 6.86. The second-order valence-electron chi connectivity index (χ2n) is 6.43. The molecule has 0 fully saturated rings. The zero-order valence-electron chi connectivity index (χ0n) is 14.6. The molecule has 0 saturated carbocycles. The predicted octanol–water partition coefficient (Wildman–Crippen LogP) is 4.62. The monoisotopic (exact) mass is 375 g/mol. The van der Waals surface area contributed by atoms with E-state index in [-0.39, 0.29) is 5.91 Å². The fraction of sp³-hybridized carbons (Fsp3) is 0.0909. The van der Waals surface area contributed by atoms with Crippen molar-refractivity contribution in [3.8, 4) is 0 Å². The number of hydrazone groups is 1. The van der Waals surface area contributed by atoms with E-state index < -0.39 is 0 Å². The van der Waals surface area contributed by atoms with Crippen LogP contribution in [-0.2, 0) is 13.1 Å². The summed E-state index contributed by atoms with van der Waals surface area (Å²) >= 11 is 5.89. The third-order valence-electron chi connectivity index (χ3n) is 4.57. The lowest BCUT2D eigenvalue weighted by atomic mass is 10.1. The zero-order chi connectivity index (χ0) is 18.6. The number of benzene rings is 3. The SMILES string of the molecule is O=C(N/N=C\c1ccc(N2Cc3ccccc3C2)cc1)c1cccc(Cl)c1. The molecule has 134 valence electrons. The van der Waals surface area contributed by atoms with Crippen molar-refractivity contribution < 1.29 is 4.79 Å². The molecule has 27 heavy (non-hydrogen) atoms. The van der Waals surface area contributed by atoms with Gasteiger partial charge in [0.1, 0.15) is 0 Å². The summed E-state index contributed by atoms with van der Waals surface area (Å²) in [5.74, 6) is -0.291. The Labute approximate surface area is 163 Å². The van der Waals surface area contributed by atoms with Gasteiger partial charge in [0.25, 0.3) is 5.91 Å². The lowest BCUT2D eigenvalue weighted by molar-refractivity contribution is 0.0955. The molecule has 0 spiro atoms. The van der Waals surface area contributed by atoms with Gasteiger partial charge in [0.2, 0.25) is 0 Å². The molecule has 0 radical (unpaired) electrons. The number of rotatable bonds is 4. The molecule has 0 atom stereocenters. The Balaban J connectivity index is 1.37. The van der Waals surface area contributed by atoms with Crippen LogP contribution in [0.5, 0.6) is 0 Å². The van der Waals surface area contributed by atoms with Gasteiger partial charge >= 0.3 is 0 Å². The van der Waals surface area contributed by atoms with Gasteiger partial charge in [-0.25, -0.2) is 5.43 Å². The molecule has 0 aromatic heterocycles. The molecular formula is C22H18ClN3O. The summed E-state index contributed by atoms with van der Waals surface area (Å²) in [6, 6.07) is 23.4. The number of halogens is 1. The zero-order valence-corrected chi connectivity index (χ0v) is 15.4. The number of nitrogens with one attached hydrogen (secondary N) is 1. The highest BCUT2D eigenvalue weighted by Crippen LogP contribution is 2.27. The van der Waals surface area contributed by atoms with E-state index in [4.69, 9.17) is 11.6 Å². The average Bonchev–Trinajstić information content (AvgIpc) is 3.12. The number of nitrogens with zero attached hydrogens (tertiary/aromatic N) is 2. The molecule has 0 aliphatic carbocycles. The smallest absolute Gasteiger partial charge is 0.271 e. The summed E-state index contributed by atoms with van der Waals surface area (Å²) in [5, 5.41) is 4.55. The average molecular weight is 376 g/mol. The van der Waals surface area contributed by atoms with E-state index in [1.807, 2.05) is 12.1 Å². The third kappa shape index (κ3) is 4.01. The molecule has 4 rings (SSSR count). The molecule has 3 aromatic carbocycles. The number of fused-ring (bicyclic) bond motifs is 1. The molecule has 1 amide bonds. The highest BCUT2D eigenvalue weighted by molar-refractivity contribution is 6.30. The quantitative estimate of drug-likeness (QED) is 0.534. The van der Waals surface area contributed by atoms with Gasteiger partial charge in [-0.3, -0.25) is 4.79 Å². The first-order valence-corrected chi connectivity index (χ1v) is 9.07. The number of hydrogen-bond acceptors (Lipinski definition) is 3. The summed E-state index contributed by atoms with van der Waals surface area (Å²) in [7, 11) is 0. The maximum atomic E-state index is 12.0. The van der Waals surface area contributed by atoms with Gasteiger partial charge in [0, 0.05) is 29.4 Å². The van der Waals surface area contributed by atoms with Crippen LogP contribution in [0.2, 0.25) is 5.02 Å². The Kier molecular flexibility index (Phi) is 4.90. The minimum absolute atomic E-state index is 0.291. The Morgan fingerprint density at radius 3 is 2.33 bits per heavy atom. The van der Waals surface area contributed by atoms with Crippen LogP contribution in [0.25, 0.3) is 0 Å². The topological polar surface area (TPSA) is 44.7 Å². The lowest BCUT2D eigenvalue weighted by Gasteiger charge is -2.17. The summed E-state index contributed by atoms with van der Waals surface area (Å²) in [6.07, 6.45) is 1.63. The first-order chi connectivity index (χ1) is 13.2. The van der Waals surface area contributed by atoms with E-state index in [1.54, 1.807) is 30.5 Å². The van der Waals surface area contributed by atoms with Crippen LogP contribution in [0.1, 0.15) is 27.0 Å². The van der Waals surface area contributed by atoms with Gasteiger partial charge < -0.3 is 4.90 Å². The van der Waals surface area contributed by atoms with E-state index in [0.717, 1.165) is 18.7 Å². The first-order valence-electron chi connectivity index (χ1n) is 8.70. The molecule has 0 saturated heterocycles. The van der Waals surface area contributed by atoms with Crippen LogP contribution in [0.4, 0.5) is 5.69 Å². The van der Waals surface area contributed by atoms with Crippen molar-refractivity contribution in [3.63, 3.8) is 0 Å². The van der Waals surface area contributed by atoms with Gasteiger partial charge in [-0.2, -0.15) is 5.10 Å². The van der Waals surface area contributed by atoms with Crippen molar-refractivity contribution in [2.24, 2.45) is 5.10 Å². The van der Waals surface area contributed by atoms with Crippen LogP contribution >= 0.6 is 11.6 Å². The fourth-order valence-electron chi connectivity index (χ4n) is 3.15. The lowest BCUT2D eigenvalue weighted by Crippen LogP contribution is -2.17. The fourth-order valence-corrected chi connectivity index (χ4v) is 3.34. The first kappa shape index (κ1) is 17.3. The van der Waals surface area contributed by atoms with E-state index in [9.17, 15) is 4.79 Å². The summed E-state index contributed by atoms with van der Waals surface area (Å²) in [5.41, 5.74) is 7.85. The molecule has 4 nitrogen and oxygen atoms in total. The van der Waals surface area contributed by atoms with Gasteiger partial charge in [-0.05, 0) is 47.0 Å². The largest absolute Gasteiger partial charge is 0.363 e. The number of hydrogen-bond donors (Lipinski definition) is 1. The maximum absolute atomic E-state index is 12.0. The minimum atomic E-state index is -0.291. The molecule has 1 N–H and O–H groups in total. The Hall–Kier alpha value is -3.11. The molecule has 0 bridgehead atoms. The van der Waals surface area contributed by atoms with Crippen LogP contribution in [0.15, 0.2) is 77.9 Å². The number of anilines is 1. The normalized spacial score (nSPS) is 13.0. The molecular weight excluding hydrogens is 358 g/mol. The summed E-state index contributed by atoms with van der Waals surface area (Å²) in [6.45, 7) is 1.86. The Morgan fingerprint density at radius 1 is 0.963 bits per heavy atom. The second kappa shape index (κ2) is 7.64. The van der Waals surface area contributed by atoms with Crippen molar-refractivity contribution in [1.82, 2.24) is 5.43 Å². The predicted molar refractivity (Wildman–Crippen MR) is 109 cm³/mol. The van der Waals surface area contributed by atoms with Crippen molar-refractivity contribution in [2.45, 2.75) is 13.1 Å². The minimum Gasteiger partial charge on any atom is -0.363 e. The highest BCUT2D eigenvalue weighted by Gasteiger charge is 2.18. The van der Waals surface area contributed by atoms with E-state index in [1.165, 1.54) is 16.8 Å². The van der Waals surface area contributed by atoms with E-state index >= 15 is 0 Å². The molecule has 3 aromatic rings. The number of carbonyl (C=O) groups excluding carboxylic acids is 1. The summed E-state index contributed by atoms with van der Waals surface area (Å²) < 4.78 is 0. The maximum Gasteiger partial charge on any atom is 0.271 e. The third-order valence-corrected chi connectivity index (χ3v) is 4.80. The number of carbonyl (C=O) groups is 1. The van der Waals surface area contributed by atoms with E-state index in [2.05, 4.69) is 51.8 Å². The molecule has 5 heteroatoms. The highest BCUT2D eigenvalue weighted by atomic mass is 35.5. The van der Waals surface area contributed by atoms with Gasteiger partial charge in [0.15, 0.2) is 0 Å². The van der Waals surface area contributed by atoms with Crippen LogP contribution in [-0.4, -0.2) is 12.1 Å². The van der Waals surface area contributed by atoms with Gasteiger partial charge in [-0.15, -0.1) is 0 Å². The van der Waals surface area contributed by atoms with E-state index in [0.29, 0.717) is 10.6 Å². The molecule has 1 heterocycles. The van der Waals surface area contributed by atoms with Crippen molar-refractivity contribution >= 4 is 29.4 Å². The summed E-state index contributed by atoms with van der Waals surface area (Å²) in [4.78, 5) is 14.4. The van der Waals surface area contributed by atoms with Crippen LogP contribution in [0.3, 0.4) is 0 Å². The van der Waals surface area contributed by atoms with Crippen molar-refractivity contribution in [2.75, 3.05) is 4.90 Å². The van der Waals surface area contributed by atoms with Gasteiger partial charge in [-0.1, -0.05) is 54.1 Å². The molecule has 0 unspecified atom stereocenters. The molecule has 1 aliphatic rings. The van der Waals surface area contributed by atoms with Gasteiger partial charge in [0.05, 0.1) is 6.21 Å². The van der Waals surface area contributed by atoms with Crippen molar-refractivity contribution in [1.29, 1.82) is 0 Å². The Morgan fingerprint density at radius 2 is 1.67 bits per heavy atom. The Bertz CT molecular complexity index is 973. The number of amides is 1. The van der Waals surface area contributed by atoms with Crippen LogP contribution in [0, 0.1) is 0 Å². The van der Waals surface area contributed by atoms with Crippen molar-refractivity contribution in [3.05, 3.63) is 100 Å². The molecule has 1 aliphatic heterocycles. The van der Waals surface area contributed by atoms with Crippen LogP contribution < -0.4 is 10.3 Å². The standard InChI is InChI=1S/C22H18ClN3O/c23-20-7-3-6-17(12-20)22(27)25-24-13-16-8-10-21(11-9-16)26-14-18-4-1-2-5-19(18)15-26/h1-13H,14-15H2,(H,25,27)/b24-13-.